The Morgan fingerprint density at radius 2 is 2.00 bits per heavy atom. The predicted octanol–water partition coefficient (Wildman–Crippen LogP) is 1.94. The van der Waals surface area contributed by atoms with Crippen LogP contribution in [-0.2, 0) is 17.8 Å². The minimum atomic E-state index is -0.972. The number of carboxylic acid groups (broad SMARTS) is 1. The molecule has 0 radical (unpaired) electrons. The zero-order chi connectivity index (χ0) is 14.2. The molecule has 1 aromatic heterocycles. The van der Waals surface area contributed by atoms with Crippen molar-refractivity contribution >= 4 is 12.1 Å². The molecule has 0 aromatic carbocycles. The van der Waals surface area contributed by atoms with Gasteiger partial charge in [-0.1, -0.05) is 0 Å². The number of hydrogen-bond acceptors (Lipinski definition) is 3. The number of amides is 1. The first-order valence-corrected chi connectivity index (χ1v) is 6.17. The van der Waals surface area contributed by atoms with Crippen LogP contribution in [0.15, 0.2) is 12.3 Å². The summed E-state index contributed by atoms with van der Waals surface area (Å²) in [4.78, 5) is 24.6. The Kier molecular flexibility index (Phi) is 3.26. The van der Waals surface area contributed by atoms with Crippen molar-refractivity contribution in [3.05, 3.63) is 23.5 Å². The van der Waals surface area contributed by atoms with E-state index >= 15 is 0 Å². The Labute approximate surface area is 111 Å². The molecule has 1 aromatic rings. The Bertz CT molecular complexity index is 513. The number of hydrogen-bond donors (Lipinski definition) is 1. The molecule has 0 saturated carbocycles. The van der Waals surface area contributed by atoms with Crippen molar-refractivity contribution in [1.29, 1.82) is 0 Å². The van der Waals surface area contributed by atoms with Gasteiger partial charge in [0.15, 0.2) is 0 Å². The molecule has 0 unspecified atom stereocenters. The fourth-order valence-electron chi connectivity index (χ4n) is 2.06. The molecule has 6 nitrogen and oxygen atoms in total. The summed E-state index contributed by atoms with van der Waals surface area (Å²) in [7, 11) is 0. The van der Waals surface area contributed by atoms with Crippen LogP contribution in [0.25, 0.3) is 0 Å². The Morgan fingerprint density at radius 3 is 2.58 bits per heavy atom. The third kappa shape index (κ3) is 2.89. The van der Waals surface area contributed by atoms with Gasteiger partial charge in [0.1, 0.15) is 5.60 Å². The van der Waals surface area contributed by atoms with Crippen molar-refractivity contribution in [3.8, 4) is 0 Å². The number of nitrogens with zero attached hydrogens (tertiary/aromatic N) is 2. The molecule has 0 fully saturated rings. The van der Waals surface area contributed by atoms with Crippen LogP contribution in [0.1, 0.15) is 36.8 Å². The molecule has 0 saturated heterocycles. The normalized spacial score (nSPS) is 15.0. The second-order valence-corrected chi connectivity index (χ2v) is 5.58. The van der Waals surface area contributed by atoms with E-state index in [0.717, 1.165) is 0 Å². The van der Waals surface area contributed by atoms with Gasteiger partial charge in [0.2, 0.25) is 0 Å². The Morgan fingerprint density at radius 1 is 1.32 bits per heavy atom. The van der Waals surface area contributed by atoms with Gasteiger partial charge in [0.25, 0.3) is 0 Å². The van der Waals surface area contributed by atoms with Crippen LogP contribution in [0.2, 0.25) is 0 Å². The molecular formula is C13H18N2O4. The third-order valence-electron chi connectivity index (χ3n) is 2.91. The second-order valence-electron chi connectivity index (χ2n) is 5.58. The number of carbonyl (C=O) groups excluding carboxylic acids is 1. The summed E-state index contributed by atoms with van der Waals surface area (Å²) < 4.78 is 7.16. The van der Waals surface area contributed by atoms with E-state index in [4.69, 9.17) is 9.84 Å². The number of aromatic carboxylic acids is 1. The lowest BCUT2D eigenvalue weighted by Crippen LogP contribution is -2.41. The number of aromatic nitrogens is 1. The molecule has 0 atom stereocenters. The van der Waals surface area contributed by atoms with Gasteiger partial charge in [-0.2, -0.15) is 0 Å². The lowest BCUT2D eigenvalue weighted by Gasteiger charge is -2.31. The lowest BCUT2D eigenvalue weighted by molar-refractivity contribution is 0.0196. The molecule has 0 bridgehead atoms. The second kappa shape index (κ2) is 4.60. The van der Waals surface area contributed by atoms with Crippen LogP contribution in [-0.4, -0.2) is 38.8 Å². The molecule has 1 aliphatic rings. The van der Waals surface area contributed by atoms with Gasteiger partial charge in [-0.15, -0.1) is 0 Å². The van der Waals surface area contributed by atoms with Crippen molar-refractivity contribution in [2.45, 2.75) is 39.5 Å². The highest BCUT2D eigenvalue weighted by Crippen LogP contribution is 2.20. The van der Waals surface area contributed by atoms with E-state index in [1.165, 1.54) is 4.90 Å². The molecular weight excluding hydrogens is 248 g/mol. The highest BCUT2D eigenvalue weighted by molar-refractivity contribution is 5.89. The zero-order valence-corrected chi connectivity index (χ0v) is 11.3. The summed E-state index contributed by atoms with van der Waals surface area (Å²) in [5.41, 5.74) is 0.337. The summed E-state index contributed by atoms with van der Waals surface area (Å²) >= 11 is 0. The van der Waals surface area contributed by atoms with Gasteiger partial charge in [-0.25, -0.2) is 9.59 Å². The van der Waals surface area contributed by atoms with E-state index < -0.39 is 17.7 Å². The summed E-state index contributed by atoms with van der Waals surface area (Å²) in [5.74, 6) is -0.972. The van der Waals surface area contributed by atoms with Gasteiger partial charge >= 0.3 is 12.1 Å². The zero-order valence-electron chi connectivity index (χ0n) is 11.3. The van der Waals surface area contributed by atoms with Crippen molar-refractivity contribution in [1.82, 2.24) is 9.47 Å². The first kappa shape index (κ1) is 13.5. The monoisotopic (exact) mass is 266 g/mol. The maximum absolute atomic E-state index is 12.0. The number of carboxylic acids is 1. The minimum Gasteiger partial charge on any atom is -0.478 e. The van der Waals surface area contributed by atoms with Crippen LogP contribution in [0, 0.1) is 0 Å². The maximum Gasteiger partial charge on any atom is 0.410 e. The minimum absolute atomic E-state index is 0.244. The molecule has 1 aliphatic heterocycles. The van der Waals surface area contributed by atoms with Crippen molar-refractivity contribution < 1.29 is 19.4 Å². The van der Waals surface area contributed by atoms with Crippen LogP contribution in [0.5, 0.6) is 0 Å². The smallest absolute Gasteiger partial charge is 0.410 e. The van der Waals surface area contributed by atoms with Crippen LogP contribution in [0.4, 0.5) is 4.79 Å². The van der Waals surface area contributed by atoms with E-state index in [2.05, 4.69) is 0 Å². The summed E-state index contributed by atoms with van der Waals surface area (Å²) in [5, 5.41) is 9.09. The number of ether oxygens (including phenoxy) is 1. The Hall–Kier alpha value is -1.98. The van der Waals surface area contributed by atoms with Crippen molar-refractivity contribution in [3.63, 3.8) is 0 Å². The summed E-state index contributed by atoms with van der Waals surface area (Å²) in [6.07, 6.45) is 1.34. The SMILES string of the molecule is CC(C)(C)OC(=O)N1CCn2ccc(C(=O)O)c2C1. The lowest BCUT2D eigenvalue weighted by atomic mass is 10.2. The van der Waals surface area contributed by atoms with Crippen molar-refractivity contribution in [2.75, 3.05) is 6.54 Å². The standard InChI is InChI=1S/C13H18N2O4/c1-13(2,3)19-12(18)15-7-6-14-5-4-9(11(16)17)10(14)8-15/h4-5H,6-8H2,1-3H3,(H,16,17). The molecule has 1 N–H and O–H groups in total. The van der Waals surface area contributed by atoms with E-state index in [1.54, 1.807) is 33.0 Å². The van der Waals surface area contributed by atoms with E-state index in [0.29, 0.717) is 18.8 Å². The highest BCUT2D eigenvalue weighted by Gasteiger charge is 2.28. The van der Waals surface area contributed by atoms with Gasteiger partial charge in [-0.3, -0.25) is 0 Å². The molecule has 104 valence electrons. The molecule has 19 heavy (non-hydrogen) atoms. The predicted molar refractivity (Wildman–Crippen MR) is 68.0 cm³/mol. The highest BCUT2D eigenvalue weighted by atomic mass is 16.6. The van der Waals surface area contributed by atoms with Crippen LogP contribution in [0.3, 0.4) is 0 Å². The molecule has 1 amide bonds. The molecule has 2 rings (SSSR count). The number of carbonyl (C=O) groups is 2. The fraction of sp³-hybridized carbons (Fsp3) is 0.538. The van der Waals surface area contributed by atoms with E-state index in [-0.39, 0.29) is 12.1 Å². The van der Waals surface area contributed by atoms with E-state index in [9.17, 15) is 9.59 Å². The average Bonchev–Trinajstić information content (AvgIpc) is 2.68. The fourth-order valence-corrected chi connectivity index (χ4v) is 2.06. The molecule has 6 heteroatoms. The largest absolute Gasteiger partial charge is 0.478 e. The van der Waals surface area contributed by atoms with Crippen LogP contribution >= 0.6 is 0 Å². The maximum atomic E-state index is 12.0. The van der Waals surface area contributed by atoms with Gasteiger partial charge in [-0.05, 0) is 26.8 Å². The summed E-state index contributed by atoms with van der Waals surface area (Å²) in [6.45, 7) is 6.79. The van der Waals surface area contributed by atoms with Gasteiger partial charge in [0.05, 0.1) is 17.8 Å². The Balaban J connectivity index is 2.15. The molecule has 0 aliphatic carbocycles. The van der Waals surface area contributed by atoms with E-state index in [1.807, 2.05) is 4.57 Å². The third-order valence-corrected chi connectivity index (χ3v) is 2.91. The quantitative estimate of drug-likeness (QED) is 0.843. The molecule has 0 spiro atoms. The first-order chi connectivity index (χ1) is 8.78. The first-order valence-electron chi connectivity index (χ1n) is 6.17. The topological polar surface area (TPSA) is 71.8 Å². The van der Waals surface area contributed by atoms with Crippen LogP contribution < -0.4 is 0 Å². The number of fused-ring (bicyclic) bond motifs is 1. The summed E-state index contributed by atoms with van der Waals surface area (Å²) in [6, 6.07) is 1.57. The van der Waals surface area contributed by atoms with Crippen molar-refractivity contribution in [2.24, 2.45) is 0 Å². The average molecular weight is 266 g/mol. The van der Waals surface area contributed by atoms with Gasteiger partial charge < -0.3 is 19.3 Å². The van der Waals surface area contributed by atoms with Gasteiger partial charge in [0, 0.05) is 19.3 Å². The molecule has 2 heterocycles. The number of rotatable bonds is 1.